The fourth-order valence-corrected chi connectivity index (χ4v) is 1.51. The third-order valence-corrected chi connectivity index (χ3v) is 2.68. The summed E-state index contributed by atoms with van der Waals surface area (Å²) in [5, 5.41) is 14.2. The minimum absolute atomic E-state index is 0.216. The first-order valence-electron chi connectivity index (χ1n) is 5.61. The molecule has 0 saturated heterocycles. The van der Waals surface area contributed by atoms with Gasteiger partial charge in [0, 0.05) is 12.5 Å². The van der Waals surface area contributed by atoms with Crippen molar-refractivity contribution in [2.24, 2.45) is 5.73 Å². The summed E-state index contributed by atoms with van der Waals surface area (Å²) in [4.78, 5) is 13.5. The third-order valence-electron chi connectivity index (χ3n) is 2.68. The third kappa shape index (κ3) is 2.48. The monoisotopic (exact) mass is 284 g/mol. The lowest BCUT2D eigenvalue weighted by atomic mass is 10.1. The minimum Gasteiger partial charge on any atom is -0.334 e. The van der Waals surface area contributed by atoms with E-state index in [4.69, 9.17) is 10.3 Å². The van der Waals surface area contributed by atoms with Gasteiger partial charge in [-0.25, -0.2) is 4.39 Å². The van der Waals surface area contributed by atoms with Crippen LogP contribution in [-0.2, 0) is 0 Å². The molecule has 106 valence electrons. The molecule has 1 atom stereocenters. The summed E-state index contributed by atoms with van der Waals surface area (Å²) in [5.41, 5.74) is 3.97. The van der Waals surface area contributed by atoms with Crippen LogP contribution in [-0.4, -0.2) is 21.6 Å². The number of hydrogen-bond donors (Lipinski definition) is 1. The average molecular weight is 284 g/mol. The van der Waals surface area contributed by atoms with E-state index in [-0.39, 0.29) is 24.2 Å². The van der Waals surface area contributed by atoms with Crippen LogP contribution in [0.5, 0.6) is 0 Å². The highest BCUT2D eigenvalue weighted by atomic mass is 19.1. The van der Waals surface area contributed by atoms with Crippen molar-refractivity contribution >= 4 is 5.69 Å². The number of nitro benzene ring substituents is 1. The summed E-state index contributed by atoms with van der Waals surface area (Å²) < 4.78 is 32.0. The topological polar surface area (TPSA) is 108 Å². The first-order valence-corrected chi connectivity index (χ1v) is 5.61. The molecule has 1 unspecified atom stereocenters. The summed E-state index contributed by atoms with van der Waals surface area (Å²) in [5.74, 6) is -2.56. The molecule has 0 aliphatic carbocycles. The van der Waals surface area contributed by atoms with Gasteiger partial charge in [-0.1, -0.05) is 12.1 Å². The second-order valence-electron chi connectivity index (χ2n) is 4.14. The maximum absolute atomic E-state index is 13.9. The van der Waals surface area contributed by atoms with Gasteiger partial charge in [0.2, 0.25) is 5.82 Å². The van der Waals surface area contributed by atoms with Crippen LogP contribution < -0.4 is 5.73 Å². The van der Waals surface area contributed by atoms with Gasteiger partial charge in [-0.05, 0) is 6.07 Å². The SMILES string of the molecule is CC(CN)c1noc(-c2cc(F)cc([N+](=O)[O-])c2F)n1. The summed E-state index contributed by atoms with van der Waals surface area (Å²) in [7, 11) is 0. The summed E-state index contributed by atoms with van der Waals surface area (Å²) >= 11 is 0. The number of halogens is 2. The van der Waals surface area contributed by atoms with E-state index in [0.29, 0.717) is 6.07 Å². The van der Waals surface area contributed by atoms with Crippen molar-refractivity contribution in [1.29, 1.82) is 0 Å². The molecule has 0 saturated carbocycles. The molecule has 2 aromatic rings. The van der Waals surface area contributed by atoms with E-state index >= 15 is 0 Å². The van der Waals surface area contributed by atoms with Crippen molar-refractivity contribution in [3.63, 3.8) is 0 Å². The number of rotatable bonds is 4. The van der Waals surface area contributed by atoms with E-state index in [1.54, 1.807) is 6.92 Å². The highest BCUT2D eigenvalue weighted by Gasteiger charge is 2.25. The maximum atomic E-state index is 13.9. The summed E-state index contributed by atoms with van der Waals surface area (Å²) in [6, 6.07) is 1.24. The molecular weight excluding hydrogens is 274 g/mol. The molecule has 1 heterocycles. The molecule has 0 radical (unpaired) electrons. The van der Waals surface area contributed by atoms with Gasteiger partial charge in [0.05, 0.1) is 16.6 Å². The minimum atomic E-state index is -1.23. The van der Waals surface area contributed by atoms with E-state index in [1.807, 2.05) is 0 Å². The zero-order chi connectivity index (χ0) is 14.9. The van der Waals surface area contributed by atoms with Crippen LogP contribution in [0.15, 0.2) is 16.7 Å². The fourth-order valence-electron chi connectivity index (χ4n) is 1.51. The molecule has 1 aromatic heterocycles. The van der Waals surface area contributed by atoms with Gasteiger partial charge >= 0.3 is 5.69 Å². The number of nitrogens with zero attached hydrogens (tertiary/aromatic N) is 3. The van der Waals surface area contributed by atoms with Crippen LogP contribution in [0.1, 0.15) is 18.7 Å². The molecule has 0 aliphatic heterocycles. The van der Waals surface area contributed by atoms with E-state index in [2.05, 4.69) is 10.1 Å². The Morgan fingerprint density at radius 1 is 1.50 bits per heavy atom. The lowest BCUT2D eigenvalue weighted by molar-refractivity contribution is -0.387. The van der Waals surface area contributed by atoms with Crippen LogP contribution in [0.2, 0.25) is 0 Å². The second-order valence-corrected chi connectivity index (χ2v) is 4.14. The molecule has 2 N–H and O–H groups in total. The van der Waals surface area contributed by atoms with Gasteiger partial charge in [0.1, 0.15) is 5.82 Å². The van der Waals surface area contributed by atoms with Crippen molar-refractivity contribution in [3.05, 3.63) is 39.7 Å². The Bertz CT molecular complexity index is 659. The number of aromatic nitrogens is 2. The van der Waals surface area contributed by atoms with Crippen LogP contribution in [0.3, 0.4) is 0 Å². The van der Waals surface area contributed by atoms with Crippen molar-refractivity contribution in [2.45, 2.75) is 12.8 Å². The van der Waals surface area contributed by atoms with Crippen molar-refractivity contribution in [1.82, 2.24) is 10.1 Å². The van der Waals surface area contributed by atoms with Crippen molar-refractivity contribution < 1.29 is 18.2 Å². The Kier molecular flexibility index (Phi) is 3.70. The molecule has 1 aromatic carbocycles. The standard InChI is InChI=1S/C11H10F2N4O3/c1-5(4-14)10-15-11(20-16-10)7-2-6(12)3-8(9(7)13)17(18)19/h2-3,5H,4,14H2,1H3. The van der Waals surface area contributed by atoms with Crippen LogP contribution in [0, 0.1) is 21.7 Å². The normalized spacial score (nSPS) is 12.4. The van der Waals surface area contributed by atoms with Crippen molar-refractivity contribution in [2.75, 3.05) is 6.54 Å². The van der Waals surface area contributed by atoms with Gasteiger partial charge in [-0.2, -0.15) is 9.37 Å². The van der Waals surface area contributed by atoms with Gasteiger partial charge in [-0.3, -0.25) is 10.1 Å². The zero-order valence-corrected chi connectivity index (χ0v) is 10.3. The Labute approximate surface area is 111 Å². The summed E-state index contributed by atoms with van der Waals surface area (Å²) in [6.07, 6.45) is 0. The van der Waals surface area contributed by atoms with Crippen LogP contribution >= 0.6 is 0 Å². The highest BCUT2D eigenvalue weighted by Crippen LogP contribution is 2.30. The quantitative estimate of drug-likeness (QED) is 0.679. The molecule has 0 bridgehead atoms. The number of nitro groups is 1. The predicted molar refractivity (Wildman–Crippen MR) is 63.8 cm³/mol. The molecule has 0 fully saturated rings. The lowest BCUT2D eigenvalue weighted by Gasteiger charge is -2.00. The zero-order valence-electron chi connectivity index (χ0n) is 10.3. The van der Waals surface area contributed by atoms with Gasteiger partial charge in [-0.15, -0.1) is 0 Å². The average Bonchev–Trinajstić information content (AvgIpc) is 2.89. The molecule has 0 aliphatic rings. The van der Waals surface area contributed by atoms with E-state index in [1.165, 1.54) is 0 Å². The van der Waals surface area contributed by atoms with E-state index < -0.39 is 27.8 Å². The Hall–Kier alpha value is -2.42. The van der Waals surface area contributed by atoms with Crippen LogP contribution in [0.4, 0.5) is 14.5 Å². The molecule has 0 spiro atoms. The first kappa shape index (κ1) is 14.0. The maximum Gasteiger partial charge on any atom is 0.308 e. The molecule has 7 nitrogen and oxygen atoms in total. The number of hydrogen-bond acceptors (Lipinski definition) is 6. The molecule has 2 rings (SSSR count). The fraction of sp³-hybridized carbons (Fsp3) is 0.273. The van der Waals surface area contributed by atoms with E-state index in [0.717, 1.165) is 6.07 Å². The number of benzene rings is 1. The molecule has 20 heavy (non-hydrogen) atoms. The predicted octanol–water partition coefficient (Wildman–Crippen LogP) is 1.99. The summed E-state index contributed by atoms with van der Waals surface area (Å²) in [6.45, 7) is 1.96. The molecule has 0 amide bonds. The first-order chi connectivity index (χ1) is 9.43. The Morgan fingerprint density at radius 3 is 2.80 bits per heavy atom. The smallest absolute Gasteiger partial charge is 0.308 e. The highest BCUT2D eigenvalue weighted by molar-refractivity contribution is 5.59. The van der Waals surface area contributed by atoms with Crippen LogP contribution in [0.25, 0.3) is 11.5 Å². The largest absolute Gasteiger partial charge is 0.334 e. The molecule has 9 heteroatoms. The number of nitrogens with two attached hydrogens (primary N) is 1. The van der Waals surface area contributed by atoms with Gasteiger partial charge < -0.3 is 10.3 Å². The Balaban J connectivity index is 2.52. The Morgan fingerprint density at radius 2 is 2.20 bits per heavy atom. The lowest BCUT2D eigenvalue weighted by Crippen LogP contribution is -2.10. The second kappa shape index (κ2) is 5.29. The molecular formula is C11H10F2N4O3. The van der Waals surface area contributed by atoms with Gasteiger partial charge in [0.15, 0.2) is 5.82 Å². The van der Waals surface area contributed by atoms with Gasteiger partial charge in [0.25, 0.3) is 5.89 Å². The van der Waals surface area contributed by atoms with E-state index in [9.17, 15) is 18.9 Å². The van der Waals surface area contributed by atoms with Crippen molar-refractivity contribution in [3.8, 4) is 11.5 Å².